The van der Waals surface area contributed by atoms with Crippen LogP contribution in [0.3, 0.4) is 0 Å². The van der Waals surface area contributed by atoms with E-state index in [2.05, 4.69) is 5.32 Å². The zero-order valence-electron chi connectivity index (χ0n) is 10.1. The molecule has 0 saturated carbocycles. The number of aliphatic hydroxyl groups is 2. The van der Waals surface area contributed by atoms with E-state index in [0.717, 1.165) is 0 Å². The van der Waals surface area contributed by atoms with Gasteiger partial charge in [0, 0.05) is 0 Å². The van der Waals surface area contributed by atoms with Gasteiger partial charge in [0.15, 0.2) is 12.2 Å². The standard InChI is InChI=1S/C12H14FNO5/c1-6(7-2-4-8(13)5-3-7)14-11(17)9(15)10(16)12(18)19/h2-6,9-10,15-16H,1H3,(H,14,17)(H,18,19)/t6?,9-,10-/m1/s1. The molecule has 6 nitrogen and oxygen atoms in total. The minimum Gasteiger partial charge on any atom is -0.479 e. The first-order valence-electron chi connectivity index (χ1n) is 5.47. The average Bonchev–Trinajstić information content (AvgIpc) is 2.37. The fourth-order valence-corrected chi connectivity index (χ4v) is 1.41. The number of halogens is 1. The molecule has 1 rings (SSSR count). The lowest BCUT2D eigenvalue weighted by molar-refractivity contribution is -0.158. The van der Waals surface area contributed by atoms with Gasteiger partial charge in [-0.05, 0) is 24.6 Å². The van der Waals surface area contributed by atoms with Crippen LogP contribution in [0.2, 0.25) is 0 Å². The molecule has 4 N–H and O–H groups in total. The Morgan fingerprint density at radius 2 is 1.68 bits per heavy atom. The van der Waals surface area contributed by atoms with Crippen molar-refractivity contribution in [2.75, 3.05) is 0 Å². The Kier molecular flexibility index (Phi) is 4.96. The third kappa shape index (κ3) is 4.01. The largest absolute Gasteiger partial charge is 0.479 e. The Labute approximate surface area is 108 Å². The molecule has 0 radical (unpaired) electrons. The summed E-state index contributed by atoms with van der Waals surface area (Å²) in [6.45, 7) is 1.57. The fraction of sp³-hybridized carbons (Fsp3) is 0.333. The zero-order chi connectivity index (χ0) is 14.6. The van der Waals surface area contributed by atoms with Crippen molar-refractivity contribution in [3.05, 3.63) is 35.6 Å². The van der Waals surface area contributed by atoms with Gasteiger partial charge in [-0.2, -0.15) is 0 Å². The molecule has 1 unspecified atom stereocenters. The van der Waals surface area contributed by atoms with E-state index in [9.17, 15) is 19.1 Å². The second kappa shape index (κ2) is 6.26. The van der Waals surface area contributed by atoms with Gasteiger partial charge in [-0.15, -0.1) is 0 Å². The molecule has 1 aromatic carbocycles. The van der Waals surface area contributed by atoms with E-state index in [4.69, 9.17) is 10.2 Å². The Morgan fingerprint density at radius 1 is 1.16 bits per heavy atom. The lowest BCUT2D eigenvalue weighted by Crippen LogP contribution is -2.46. The Bertz CT molecular complexity index is 462. The highest BCUT2D eigenvalue weighted by molar-refractivity contribution is 5.87. The van der Waals surface area contributed by atoms with Gasteiger partial charge in [-0.3, -0.25) is 4.79 Å². The Balaban J connectivity index is 2.66. The molecule has 0 aliphatic rings. The third-order valence-electron chi connectivity index (χ3n) is 2.55. The molecular formula is C12H14FNO5. The van der Waals surface area contributed by atoms with E-state index in [1.165, 1.54) is 24.3 Å². The van der Waals surface area contributed by atoms with Gasteiger partial charge in [0.05, 0.1) is 6.04 Å². The van der Waals surface area contributed by atoms with E-state index in [1.807, 2.05) is 0 Å². The van der Waals surface area contributed by atoms with Crippen LogP contribution in [0.15, 0.2) is 24.3 Å². The highest BCUT2D eigenvalue weighted by Gasteiger charge is 2.30. The lowest BCUT2D eigenvalue weighted by atomic mass is 10.1. The van der Waals surface area contributed by atoms with Crippen LogP contribution in [-0.4, -0.2) is 39.4 Å². The van der Waals surface area contributed by atoms with Crippen molar-refractivity contribution in [3.63, 3.8) is 0 Å². The smallest absolute Gasteiger partial charge is 0.335 e. The van der Waals surface area contributed by atoms with Gasteiger partial charge in [-0.1, -0.05) is 12.1 Å². The molecular weight excluding hydrogens is 257 g/mol. The van der Waals surface area contributed by atoms with Gasteiger partial charge >= 0.3 is 5.97 Å². The summed E-state index contributed by atoms with van der Waals surface area (Å²) in [5.41, 5.74) is 0.576. The molecule has 0 spiro atoms. The molecule has 7 heteroatoms. The minimum atomic E-state index is -2.19. The fourth-order valence-electron chi connectivity index (χ4n) is 1.41. The number of carboxylic acids is 1. The van der Waals surface area contributed by atoms with E-state index < -0.39 is 35.9 Å². The van der Waals surface area contributed by atoms with E-state index in [1.54, 1.807) is 6.92 Å². The number of aliphatic hydroxyl groups excluding tert-OH is 2. The number of hydrogen-bond acceptors (Lipinski definition) is 4. The van der Waals surface area contributed by atoms with Gasteiger partial charge in [0.2, 0.25) is 0 Å². The van der Waals surface area contributed by atoms with E-state index in [0.29, 0.717) is 5.56 Å². The molecule has 1 amide bonds. The van der Waals surface area contributed by atoms with Crippen molar-refractivity contribution >= 4 is 11.9 Å². The molecule has 0 aliphatic carbocycles. The van der Waals surface area contributed by atoms with Crippen LogP contribution in [0.4, 0.5) is 4.39 Å². The molecule has 3 atom stereocenters. The van der Waals surface area contributed by atoms with Crippen molar-refractivity contribution in [3.8, 4) is 0 Å². The summed E-state index contributed by atoms with van der Waals surface area (Å²) in [7, 11) is 0. The molecule has 0 bridgehead atoms. The van der Waals surface area contributed by atoms with Crippen molar-refractivity contribution in [2.45, 2.75) is 25.2 Å². The molecule has 1 aromatic rings. The van der Waals surface area contributed by atoms with Crippen LogP contribution in [0.5, 0.6) is 0 Å². The van der Waals surface area contributed by atoms with Crippen molar-refractivity contribution in [1.82, 2.24) is 5.32 Å². The number of hydrogen-bond donors (Lipinski definition) is 4. The summed E-state index contributed by atoms with van der Waals surface area (Å²) < 4.78 is 12.7. The quantitative estimate of drug-likeness (QED) is 0.594. The number of carboxylic acid groups (broad SMARTS) is 1. The number of rotatable bonds is 5. The topological polar surface area (TPSA) is 107 Å². The van der Waals surface area contributed by atoms with Gasteiger partial charge in [0.1, 0.15) is 5.82 Å². The second-order valence-electron chi connectivity index (χ2n) is 4.01. The van der Waals surface area contributed by atoms with Crippen molar-refractivity contribution in [1.29, 1.82) is 0 Å². The number of carbonyl (C=O) groups is 2. The number of benzene rings is 1. The predicted molar refractivity (Wildman–Crippen MR) is 62.6 cm³/mol. The zero-order valence-corrected chi connectivity index (χ0v) is 10.1. The van der Waals surface area contributed by atoms with Gasteiger partial charge < -0.3 is 20.6 Å². The van der Waals surface area contributed by atoms with E-state index >= 15 is 0 Å². The predicted octanol–water partition coefficient (Wildman–Crippen LogP) is -0.191. The summed E-state index contributed by atoms with van der Waals surface area (Å²) in [6, 6.07) is 4.74. The Morgan fingerprint density at radius 3 is 2.16 bits per heavy atom. The highest BCUT2D eigenvalue weighted by Crippen LogP contribution is 2.13. The maximum absolute atomic E-state index is 12.7. The average molecular weight is 271 g/mol. The summed E-state index contributed by atoms with van der Waals surface area (Å²) in [5, 5.41) is 29.1. The molecule has 0 fully saturated rings. The Hall–Kier alpha value is -1.99. The summed E-state index contributed by atoms with van der Waals surface area (Å²) in [6.07, 6.45) is -4.26. The number of carbonyl (C=O) groups excluding carboxylic acids is 1. The van der Waals surface area contributed by atoms with Gasteiger partial charge in [-0.25, -0.2) is 9.18 Å². The van der Waals surface area contributed by atoms with Crippen molar-refractivity contribution in [2.24, 2.45) is 0 Å². The summed E-state index contributed by atoms with van der Waals surface area (Å²) in [4.78, 5) is 21.9. The molecule has 104 valence electrons. The minimum absolute atomic E-state index is 0.427. The van der Waals surface area contributed by atoms with Crippen LogP contribution in [0.1, 0.15) is 18.5 Å². The second-order valence-corrected chi connectivity index (χ2v) is 4.01. The first-order valence-corrected chi connectivity index (χ1v) is 5.47. The third-order valence-corrected chi connectivity index (χ3v) is 2.55. The monoisotopic (exact) mass is 271 g/mol. The molecule has 0 heterocycles. The van der Waals surface area contributed by atoms with Gasteiger partial charge in [0.25, 0.3) is 5.91 Å². The van der Waals surface area contributed by atoms with Crippen LogP contribution < -0.4 is 5.32 Å². The highest BCUT2D eigenvalue weighted by atomic mass is 19.1. The van der Waals surface area contributed by atoms with Crippen molar-refractivity contribution < 1.29 is 29.3 Å². The first kappa shape index (κ1) is 15.1. The number of amides is 1. The number of aliphatic carboxylic acids is 1. The van der Waals surface area contributed by atoms with Crippen LogP contribution >= 0.6 is 0 Å². The summed E-state index contributed by atoms with van der Waals surface area (Å²) >= 11 is 0. The van der Waals surface area contributed by atoms with Crippen LogP contribution in [-0.2, 0) is 9.59 Å². The SMILES string of the molecule is CC(NC(=O)[C@H](O)[C@@H](O)C(=O)O)c1ccc(F)cc1. The maximum atomic E-state index is 12.7. The van der Waals surface area contributed by atoms with E-state index in [-0.39, 0.29) is 0 Å². The first-order chi connectivity index (χ1) is 8.82. The summed E-state index contributed by atoms with van der Waals surface area (Å²) in [5.74, 6) is -3.15. The normalized spacial score (nSPS) is 15.4. The number of nitrogens with one attached hydrogen (secondary N) is 1. The van der Waals surface area contributed by atoms with Crippen LogP contribution in [0.25, 0.3) is 0 Å². The molecule has 0 aromatic heterocycles. The molecule has 0 aliphatic heterocycles. The lowest BCUT2D eigenvalue weighted by Gasteiger charge is -2.18. The maximum Gasteiger partial charge on any atom is 0.335 e. The molecule has 19 heavy (non-hydrogen) atoms. The molecule has 0 saturated heterocycles. The van der Waals surface area contributed by atoms with Crippen LogP contribution in [0, 0.1) is 5.82 Å².